The summed E-state index contributed by atoms with van der Waals surface area (Å²) in [7, 11) is 0. The predicted molar refractivity (Wildman–Crippen MR) is 76.8 cm³/mol. The number of allylic oxidation sites excluding steroid dienone is 1. The van der Waals surface area contributed by atoms with Crippen LogP contribution in [0.4, 0.5) is 0 Å². The molecule has 1 aromatic heterocycles. The summed E-state index contributed by atoms with van der Waals surface area (Å²) in [5.74, 6) is 0.412. The molecule has 0 atom stereocenters. The first-order chi connectivity index (χ1) is 9.70. The molecule has 1 heterocycles. The SMILES string of the molecule is Cc1occc(=O)c1O/C(C=O)=C\Sc1ccccc1. The van der Waals surface area contributed by atoms with Crippen LogP contribution in [0.5, 0.6) is 5.75 Å². The van der Waals surface area contributed by atoms with Gasteiger partial charge in [0.05, 0.1) is 6.26 Å². The van der Waals surface area contributed by atoms with Gasteiger partial charge in [-0.05, 0) is 19.1 Å². The summed E-state index contributed by atoms with van der Waals surface area (Å²) >= 11 is 1.33. The number of hydrogen-bond acceptors (Lipinski definition) is 5. The van der Waals surface area contributed by atoms with E-state index in [4.69, 9.17) is 9.15 Å². The normalized spacial score (nSPS) is 11.2. The molecule has 0 aliphatic rings. The van der Waals surface area contributed by atoms with Gasteiger partial charge in [0.15, 0.2) is 12.0 Å². The predicted octanol–water partition coefficient (Wildman–Crippen LogP) is 3.16. The molecule has 0 saturated heterocycles. The first-order valence-corrected chi connectivity index (χ1v) is 6.72. The number of ether oxygens (including phenoxy) is 1. The van der Waals surface area contributed by atoms with Gasteiger partial charge in [0.25, 0.3) is 0 Å². The second-order valence-corrected chi connectivity index (χ2v) is 4.78. The van der Waals surface area contributed by atoms with Crippen molar-refractivity contribution in [1.82, 2.24) is 0 Å². The summed E-state index contributed by atoms with van der Waals surface area (Å²) in [4.78, 5) is 23.6. The van der Waals surface area contributed by atoms with Crippen LogP contribution in [0.15, 0.2) is 67.9 Å². The zero-order valence-electron chi connectivity index (χ0n) is 10.7. The molecule has 0 unspecified atom stereocenters. The summed E-state index contributed by atoms with van der Waals surface area (Å²) in [6.45, 7) is 1.60. The quantitative estimate of drug-likeness (QED) is 0.366. The Kier molecular flexibility index (Phi) is 4.79. The Morgan fingerprint density at radius 1 is 1.25 bits per heavy atom. The van der Waals surface area contributed by atoms with E-state index >= 15 is 0 Å². The number of hydrogen-bond donors (Lipinski definition) is 0. The van der Waals surface area contributed by atoms with Crippen LogP contribution in [0.1, 0.15) is 5.76 Å². The first-order valence-electron chi connectivity index (χ1n) is 5.84. The van der Waals surface area contributed by atoms with Crippen molar-refractivity contribution in [3.63, 3.8) is 0 Å². The number of aryl methyl sites for hydroxylation is 1. The minimum atomic E-state index is -0.328. The second-order valence-electron chi connectivity index (χ2n) is 3.84. The highest BCUT2D eigenvalue weighted by Crippen LogP contribution is 2.21. The molecule has 0 aliphatic carbocycles. The van der Waals surface area contributed by atoms with E-state index in [2.05, 4.69) is 0 Å². The lowest BCUT2D eigenvalue weighted by atomic mass is 10.4. The standard InChI is InChI=1S/C15H12O4S/c1-11-15(14(17)7-8-18-11)19-12(9-16)10-20-13-5-3-2-4-6-13/h2-10H,1H3/b12-10-. The first kappa shape index (κ1) is 14.1. The van der Waals surface area contributed by atoms with E-state index in [0.717, 1.165) is 4.90 Å². The summed E-state index contributed by atoms with van der Waals surface area (Å²) in [5.41, 5.74) is -0.328. The fourth-order valence-corrected chi connectivity index (χ4v) is 2.11. The highest BCUT2D eigenvalue weighted by Gasteiger charge is 2.09. The maximum absolute atomic E-state index is 11.6. The van der Waals surface area contributed by atoms with Crippen LogP contribution in [-0.4, -0.2) is 6.29 Å². The number of carbonyl (C=O) groups excluding carboxylic acids is 1. The van der Waals surface area contributed by atoms with Crippen LogP contribution in [0.25, 0.3) is 0 Å². The van der Waals surface area contributed by atoms with Gasteiger partial charge in [-0.25, -0.2) is 0 Å². The van der Waals surface area contributed by atoms with E-state index in [1.165, 1.54) is 24.1 Å². The Morgan fingerprint density at radius 2 is 2.00 bits per heavy atom. The van der Waals surface area contributed by atoms with E-state index in [0.29, 0.717) is 12.0 Å². The van der Waals surface area contributed by atoms with Crippen LogP contribution < -0.4 is 10.2 Å². The average molecular weight is 288 g/mol. The monoisotopic (exact) mass is 288 g/mol. The van der Waals surface area contributed by atoms with Gasteiger partial charge in [-0.2, -0.15) is 0 Å². The van der Waals surface area contributed by atoms with Crippen molar-refractivity contribution in [2.75, 3.05) is 0 Å². The van der Waals surface area contributed by atoms with Crippen molar-refractivity contribution < 1.29 is 13.9 Å². The zero-order valence-corrected chi connectivity index (χ0v) is 11.6. The molecule has 1 aromatic carbocycles. The molecule has 0 bridgehead atoms. The fraction of sp³-hybridized carbons (Fsp3) is 0.0667. The average Bonchev–Trinajstić information content (AvgIpc) is 2.47. The van der Waals surface area contributed by atoms with Gasteiger partial charge >= 0.3 is 0 Å². The topological polar surface area (TPSA) is 56.5 Å². The minimum Gasteiger partial charge on any atom is -0.465 e. The molecule has 102 valence electrons. The van der Waals surface area contributed by atoms with Crippen molar-refractivity contribution >= 4 is 18.0 Å². The maximum atomic E-state index is 11.6. The molecule has 4 nitrogen and oxygen atoms in total. The van der Waals surface area contributed by atoms with Gasteiger partial charge < -0.3 is 9.15 Å². The van der Waals surface area contributed by atoms with Gasteiger partial charge in [0.1, 0.15) is 5.76 Å². The molecule has 0 aliphatic heterocycles. The Labute approximate surface area is 120 Å². The Balaban J connectivity index is 2.17. The van der Waals surface area contributed by atoms with Gasteiger partial charge in [0.2, 0.25) is 11.2 Å². The van der Waals surface area contributed by atoms with Crippen molar-refractivity contribution in [1.29, 1.82) is 0 Å². The number of rotatable bonds is 5. The maximum Gasteiger partial charge on any atom is 0.227 e. The Morgan fingerprint density at radius 3 is 2.65 bits per heavy atom. The summed E-state index contributed by atoms with van der Waals surface area (Å²) in [6.07, 6.45) is 1.84. The van der Waals surface area contributed by atoms with Crippen LogP contribution in [0.2, 0.25) is 0 Å². The van der Waals surface area contributed by atoms with Crippen molar-refractivity contribution in [2.45, 2.75) is 11.8 Å². The van der Waals surface area contributed by atoms with E-state index in [-0.39, 0.29) is 16.9 Å². The van der Waals surface area contributed by atoms with Crippen molar-refractivity contribution in [2.24, 2.45) is 0 Å². The largest absolute Gasteiger partial charge is 0.465 e. The number of benzene rings is 1. The van der Waals surface area contributed by atoms with Crippen LogP contribution in [-0.2, 0) is 4.79 Å². The Bertz CT molecular complexity index is 674. The third kappa shape index (κ3) is 3.61. The molecule has 2 aromatic rings. The van der Waals surface area contributed by atoms with Crippen LogP contribution in [0.3, 0.4) is 0 Å². The molecule has 0 radical (unpaired) electrons. The third-order valence-electron chi connectivity index (χ3n) is 2.40. The number of thioether (sulfide) groups is 1. The molecule has 0 spiro atoms. The van der Waals surface area contributed by atoms with E-state index in [9.17, 15) is 9.59 Å². The lowest BCUT2D eigenvalue weighted by Crippen LogP contribution is -2.08. The molecule has 5 heteroatoms. The molecule has 0 amide bonds. The lowest BCUT2D eigenvalue weighted by Gasteiger charge is -2.05. The van der Waals surface area contributed by atoms with E-state index < -0.39 is 0 Å². The van der Waals surface area contributed by atoms with Gasteiger partial charge in [-0.3, -0.25) is 9.59 Å². The van der Waals surface area contributed by atoms with Crippen LogP contribution in [0, 0.1) is 6.92 Å². The van der Waals surface area contributed by atoms with E-state index in [1.54, 1.807) is 12.3 Å². The summed E-state index contributed by atoms with van der Waals surface area (Å²) in [5, 5.41) is 1.55. The molecular formula is C15H12O4S. The zero-order chi connectivity index (χ0) is 14.4. The summed E-state index contributed by atoms with van der Waals surface area (Å²) in [6, 6.07) is 10.8. The third-order valence-corrected chi connectivity index (χ3v) is 3.29. The molecule has 2 rings (SSSR count). The van der Waals surface area contributed by atoms with Crippen molar-refractivity contribution in [3.8, 4) is 5.75 Å². The van der Waals surface area contributed by atoms with E-state index in [1.807, 2.05) is 30.3 Å². The van der Waals surface area contributed by atoms with Gasteiger partial charge in [0, 0.05) is 16.4 Å². The number of aldehydes is 1. The van der Waals surface area contributed by atoms with Crippen molar-refractivity contribution in [3.05, 3.63) is 69.8 Å². The molecule has 20 heavy (non-hydrogen) atoms. The number of carbonyl (C=O) groups is 1. The Hall–Kier alpha value is -2.27. The van der Waals surface area contributed by atoms with Crippen LogP contribution >= 0.6 is 11.8 Å². The highest BCUT2D eigenvalue weighted by atomic mass is 32.2. The fourth-order valence-electron chi connectivity index (χ4n) is 1.44. The molecule has 0 fully saturated rings. The molecule has 0 N–H and O–H groups in total. The smallest absolute Gasteiger partial charge is 0.227 e. The highest BCUT2D eigenvalue weighted by molar-refractivity contribution is 8.02. The molecule has 0 saturated carbocycles. The van der Waals surface area contributed by atoms with Gasteiger partial charge in [-0.1, -0.05) is 30.0 Å². The summed E-state index contributed by atoms with van der Waals surface area (Å²) < 4.78 is 10.4. The lowest BCUT2D eigenvalue weighted by molar-refractivity contribution is -0.106. The molecular weight excluding hydrogens is 276 g/mol. The second kappa shape index (κ2) is 6.77. The van der Waals surface area contributed by atoms with Gasteiger partial charge in [-0.15, -0.1) is 0 Å². The minimum absolute atomic E-state index is 0.0273.